The summed E-state index contributed by atoms with van der Waals surface area (Å²) in [6.45, 7) is 2.02. The normalized spacial score (nSPS) is 12.5. The zero-order valence-electron chi connectivity index (χ0n) is 15.7. The second-order valence-electron chi connectivity index (χ2n) is 6.33. The predicted octanol–water partition coefficient (Wildman–Crippen LogP) is 3.63. The third-order valence-electron chi connectivity index (χ3n) is 4.36. The van der Waals surface area contributed by atoms with Gasteiger partial charge in [0, 0.05) is 6.26 Å². The Morgan fingerprint density at radius 3 is 2.46 bits per heavy atom. The number of carbonyl (C=O) groups is 1. The molecular weight excluding hydrogens is 378 g/mol. The molecule has 3 aromatic rings. The van der Waals surface area contributed by atoms with Crippen molar-refractivity contribution in [3.63, 3.8) is 0 Å². The summed E-state index contributed by atoms with van der Waals surface area (Å²) in [5.41, 5.74) is 2.67. The van der Waals surface area contributed by atoms with Crippen LogP contribution in [0, 0.1) is 0 Å². The molecule has 146 valence electrons. The minimum atomic E-state index is -3.26. The molecule has 1 unspecified atom stereocenters. The van der Waals surface area contributed by atoms with E-state index in [-0.39, 0.29) is 11.5 Å². The molecule has 2 aromatic carbocycles. The lowest BCUT2D eigenvalue weighted by Crippen LogP contribution is -2.19. The van der Waals surface area contributed by atoms with Gasteiger partial charge < -0.3 is 9.15 Å². The maximum atomic E-state index is 12.5. The topological polar surface area (TPSA) is 86.5 Å². The van der Waals surface area contributed by atoms with Crippen LogP contribution in [0.15, 0.2) is 70.3 Å². The highest BCUT2D eigenvalue weighted by molar-refractivity contribution is 7.90. The van der Waals surface area contributed by atoms with E-state index < -0.39 is 21.7 Å². The summed E-state index contributed by atoms with van der Waals surface area (Å²) in [6.07, 6.45) is 4.45. The molecule has 6 nitrogen and oxygen atoms in total. The first-order valence-corrected chi connectivity index (χ1v) is 10.7. The smallest absolute Gasteiger partial charge is 0.318 e. The lowest BCUT2D eigenvalue weighted by molar-refractivity contribution is -0.145. The molecule has 0 saturated heterocycles. The average Bonchev–Trinajstić information content (AvgIpc) is 3.20. The number of carbonyl (C=O) groups excluding carboxylic acids is 1. The summed E-state index contributed by atoms with van der Waals surface area (Å²) >= 11 is 0. The van der Waals surface area contributed by atoms with Crippen molar-refractivity contribution in [3.05, 3.63) is 72.4 Å². The van der Waals surface area contributed by atoms with Gasteiger partial charge in [-0.05, 0) is 42.2 Å². The van der Waals surface area contributed by atoms with Crippen LogP contribution < -0.4 is 0 Å². The van der Waals surface area contributed by atoms with E-state index in [0.717, 1.165) is 16.7 Å². The molecule has 0 aliphatic heterocycles. The summed E-state index contributed by atoms with van der Waals surface area (Å²) < 4.78 is 33.9. The fraction of sp³-hybridized carbons (Fsp3) is 0.238. The van der Waals surface area contributed by atoms with E-state index in [1.807, 2.05) is 24.3 Å². The van der Waals surface area contributed by atoms with Crippen LogP contribution in [0.4, 0.5) is 0 Å². The second-order valence-corrected chi connectivity index (χ2v) is 8.35. The van der Waals surface area contributed by atoms with Crippen LogP contribution in [0.2, 0.25) is 0 Å². The fourth-order valence-corrected chi connectivity index (χ4v) is 3.63. The quantitative estimate of drug-likeness (QED) is 0.564. The van der Waals surface area contributed by atoms with Crippen molar-refractivity contribution in [3.8, 4) is 11.1 Å². The van der Waals surface area contributed by atoms with Gasteiger partial charge in [-0.1, -0.05) is 36.4 Å². The minimum Gasteiger partial charge on any atom is -0.465 e. The van der Waals surface area contributed by atoms with E-state index in [2.05, 4.69) is 4.98 Å². The van der Waals surface area contributed by atoms with Crippen molar-refractivity contribution < 1.29 is 22.4 Å². The summed E-state index contributed by atoms with van der Waals surface area (Å²) in [5.74, 6) is -0.751. The first kappa shape index (κ1) is 19.8. The van der Waals surface area contributed by atoms with E-state index in [1.165, 1.54) is 18.7 Å². The Morgan fingerprint density at radius 1 is 1.14 bits per heavy atom. The molecular formula is C21H21NO5S. The Hall–Kier alpha value is -2.93. The van der Waals surface area contributed by atoms with E-state index in [0.29, 0.717) is 12.3 Å². The Bertz CT molecular complexity index is 1040. The minimum absolute atomic E-state index is 0.262. The number of ether oxygens (including phenoxy) is 1. The summed E-state index contributed by atoms with van der Waals surface area (Å²) in [4.78, 5) is 16.8. The average molecular weight is 399 g/mol. The molecule has 0 fully saturated rings. The van der Waals surface area contributed by atoms with Crippen molar-refractivity contribution in [1.82, 2.24) is 4.98 Å². The molecule has 0 N–H and O–H groups in total. The summed E-state index contributed by atoms with van der Waals surface area (Å²) in [5, 5.41) is 0. The predicted molar refractivity (Wildman–Crippen MR) is 105 cm³/mol. The monoisotopic (exact) mass is 399 g/mol. The first-order chi connectivity index (χ1) is 13.4. The second kappa shape index (κ2) is 8.39. The standard InChI is InChI=1S/C21H21NO5S/c1-3-26-21(23)19(20-22-12-13-27-20)14-16-6-4-5-7-18(16)15-8-10-17(11-9-15)28(2,24)25/h4-13,19H,3,14H2,1-2H3. The number of benzene rings is 2. The molecule has 0 spiro atoms. The van der Waals surface area contributed by atoms with Gasteiger partial charge in [0.05, 0.1) is 17.7 Å². The molecule has 3 rings (SSSR count). The van der Waals surface area contributed by atoms with Crippen LogP contribution >= 0.6 is 0 Å². The van der Waals surface area contributed by atoms with Gasteiger partial charge in [-0.25, -0.2) is 13.4 Å². The Balaban J connectivity index is 1.96. The van der Waals surface area contributed by atoms with E-state index >= 15 is 0 Å². The highest BCUT2D eigenvalue weighted by Crippen LogP contribution is 2.30. The van der Waals surface area contributed by atoms with Crippen molar-refractivity contribution >= 4 is 15.8 Å². The van der Waals surface area contributed by atoms with Gasteiger partial charge in [0.15, 0.2) is 9.84 Å². The molecule has 0 bridgehead atoms. The van der Waals surface area contributed by atoms with Crippen molar-refractivity contribution in [2.75, 3.05) is 12.9 Å². The van der Waals surface area contributed by atoms with Crippen LogP contribution in [0.25, 0.3) is 11.1 Å². The van der Waals surface area contributed by atoms with Gasteiger partial charge in [0.2, 0.25) is 5.89 Å². The number of oxazole rings is 1. The molecule has 7 heteroatoms. The largest absolute Gasteiger partial charge is 0.465 e. The number of hydrogen-bond donors (Lipinski definition) is 0. The molecule has 0 saturated carbocycles. The van der Waals surface area contributed by atoms with Gasteiger partial charge in [0.25, 0.3) is 0 Å². The molecule has 28 heavy (non-hydrogen) atoms. The number of nitrogens with zero attached hydrogens (tertiary/aromatic N) is 1. The summed E-state index contributed by atoms with van der Waals surface area (Å²) in [6, 6.07) is 14.3. The Morgan fingerprint density at radius 2 is 1.86 bits per heavy atom. The molecule has 1 atom stereocenters. The third-order valence-corrected chi connectivity index (χ3v) is 5.48. The van der Waals surface area contributed by atoms with Gasteiger partial charge in [0.1, 0.15) is 12.2 Å². The first-order valence-electron chi connectivity index (χ1n) is 8.84. The fourth-order valence-electron chi connectivity index (χ4n) is 3.00. The Kier molecular flexibility index (Phi) is 5.94. The van der Waals surface area contributed by atoms with Crippen LogP contribution in [0.1, 0.15) is 24.3 Å². The van der Waals surface area contributed by atoms with Gasteiger partial charge in [-0.2, -0.15) is 0 Å². The van der Waals surface area contributed by atoms with E-state index in [9.17, 15) is 13.2 Å². The molecule has 0 aliphatic carbocycles. The van der Waals surface area contributed by atoms with Crippen molar-refractivity contribution in [2.24, 2.45) is 0 Å². The zero-order chi connectivity index (χ0) is 20.1. The SMILES string of the molecule is CCOC(=O)C(Cc1ccccc1-c1ccc(S(C)(=O)=O)cc1)c1ncco1. The van der Waals surface area contributed by atoms with Gasteiger partial charge in [-0.3, -0.25) is 4.79 Å². The summed E-state index contributed by atoms with van der Waals surface area (Å²) in [7, 11) is -3.26. The third kappa shape index (κ3) is 4.48. The lowest BCUT2D eigenvalue weighted by Gasteiger charge is -2.15. The number of rotatable bonds is 7. The molecule has 0 aliphatic rings. The van der Waals surface area contributed by atoms with Gasteiger partial charge >= 0.3 is 5.97 Å². The maximum Gasteiger partial charge on any atom is 0.318 e. The van der Waals surface area contributed by atoms with Crippen LogP contribution in [0.3, 0.4) is 0 Å². The lowest BCUT2D eigenvalue weighted by atomic mass is 9.92. The highest BCUT2D eigenvalue weighted by Gasteiger charge is 2.27. The van der Waals surface area contributed by atoms with Crippen LogP contribution in [-0.4, -0.2) is 32.2 Å². The Labute approximate surface area is 164 Å². The van der Waals surface area contributed by atoms with Crippen molar-refractivity contribution in [1.29, 1.82) is 0 Å². The van der Waals surface area contributed by atoms with E-state index in [4.69, 9.17) is 9.15 Å². The van der Waals surface area contributed by atoms with Crippen LogP contribution in [0.5, 0.6) is 0 Å². The molecule has 0 amide bonds. The molecule has 0 radical (unpaired) electrons. The number of sulfone groups is 1. The highest BCUT2D eigenvalue weighted by atomic mass is 32.2. The number of esters is 1. The molecule has 1 aromatic heterocycles. The number of aromatic nitrogens is 1. The van der Waals surface area contributed by atoms with Gasteiger partial charge in [-0.15, -0.1) is 0 Å². The molecule has 1 heterocycles. The van der Waals surface area contributed by atoms with Crippen molar-refractivity contribution in [2.45, 2.75) is 24.2 Å². The zero-order valence-corrected chi connectivity index (χ0v) is 16.5. The number of hydrogen-bond acceptors (Lipinski definition) is 6. The maximum absolute atomic E-state index is 12.5. The van der Waals surface area contributed by atoms with Crippen LogP contribution in [-0.2, 0) is 25.8 Å². The van der Waals surface area contributed by atoms with E-state index in [1.54, 1.807) is 31.2 Å².